The Hall–Kier alpha value is -3.06. The molecule has 0 saturated carbocycles. The molecule has 0 spiro atoms. The number of methoxy groups -OCH3 is 1. The topological polar surface area (TPSA) is 76.1 Å². The smallest absolute Gasteiger partial charge is 0.325 e. The number of likely N-dealkylation sites (tertiary alicyclic amines) is 1. The second-order valence-corrected chi connectivity index (χ2v) is 9.04. The predicted molar refractivity (Wildman–Crippen MR) is 130 cm³/mol. The first-order chi connectivity index (χ1) is 16.3. The maximum Gasteiger partial charge on any atom is 0.325 e. The third-order valence-corrected chi connectivity index (χ3v) is 6.32. The lowest BCUT2D eigenvalue weighted by Gasteiger charge is -2.38. The number of carbonyl (C=O) groups is 3. The van der Waals surface area contributed by atoms with Crippen LogP contribution in [0.3, 0.4) is 0 Å². The highest BCUT2D eigenvalue weighted by Gasteiger charge is 2.29. The van der Waals surface area contributed by atoms with Gasteiger partial charge in [0, 0.05) is 29.2 Å². The second-order valence-electron chi connectivity index (χ2n) is 8.61. The van der Waals surface area contributed by atoms with Gasteiger partial charge in [0.25, 0.3) is 11.8 Å². The SMILES string of the molecule is COC(=O)CN(Cc1ccc(Cl)cc1)C(=O)c1ccc(OCC(=O)N2C(C)CCCC2C)cc1. The average Bonchev–Trinajstić information content (AvgIpc) is 2.83. The van der Waals surface area contributed by atoms with Crippen LogP contribution in [0, 0.1) is 0 Å². The molecule has 0 aliphatic carbocycles. The molecule has 0 radical (unpaired) electrons. The number of benzene rings is 2. The second kappa shape index (κ2) is 11.9. The molecule has 0 N–H and O–H groups in total. The molecule has 3 rings (SSSR count). The number of amides is 2. The maximum atomic E-state index is 13.1. The number of rotatable bonds is 8. The van der Waals surface area contributed by atoms with E-state index < -0.39 is 5.97 Å². The summed E-state index contributed by atoms with van der Waals surface area (Å²) in [5.41, 5.74) is 1.23. The van der Waals surface area contributed by atoms with Gasteiger partial charge in [-0.3, -0.25) is 14.4 Å². The number of carbonyl (C=O) groups excluding carboxylic acids is 3. The molecule has 0 aromatic heterocycles. The first-order valence-corrected chi connectivity index (χ1v) is 11.8. The summed E-state index contributed by atoms with van der Waals surface area (Å²) in [7, 11) is 1.28. The average molecular weight is 487 g/mol. The van der Waals surface area contributed by atoms with E-state index in [-0.39, 0.29) is 43.6 Å². The van der Waals surface area contributed by atoms with E-state index in [2.05, 4.69) is 13.8 Å². The van der Waals surface area contributed by atoms with Crippen molar-refractivity contribution < 1.29 is 23.9 Å². The van der Waals surface area contributed by atoms with Crippen LogP contribution < -0.4 is 4.74 Å². The Bertz CT molecular complexity index is 983. The van der Waals surface area contributed by atoms with Crippen LogP contribution in [0.4, 0.5) is 0 Å². The van der Waals surface area contributed by atoms with Gasteiger partial charge in [0.15, 0.2) is 6.61 Å². The number of hydrogen-bond acceptors (Lipinski definition) is 5. The number of halogens is 1. The van der Waals surface area contributed by atoms with Gasteiger partial charge in [-0.1, -0.05) is 23.7 Å². The lowest BCUT2D eigenvalue weighted by molar-refractivity contribution is -0.141. The third kappa shape index (κ3) is 6.73. The van der Waals surface area contributed by atoms with Crippen LogP contribution in [0.2, 0.25) is 5.02 Å². The quantitative estimate of drug-likeness (QED) is 0.519. The fourth-order valence-corrected chi connectivity index (χ4v) is 4.36. The van der Waals surface area contributed by atoms with Crippen LogP contribution >= 0.6 is 11.6 Å². The monoisotopic (exact) mass is 486 g/mol. The summed E-state index contributed by atoms with van der Waals surface area (Å²) in [5, 5.41) is 0.591. The van der Waals surface area contributed by atoms with Gasteiger partial charge < -0.3 is 19.3 Å². The van der Waals surface area contributed by atoms with E-state index in [9.17, 15) is 14.4 Å². The van der Waals surface area contributed by atoms with Crippen LogP contribution in [-0.4, -0.2) is 59.9 Å². The zero-order valence-electron chi connectivity index (χ0n) is 19.8. The predicted octanol–water partition coefficient (Wildman–Crippen LogP) is 4.32. The molecule has 2 unspecified atom stereocenters. The van der Waals surface area contributed by atoms with Crippen LogP contribution in [0.15, 0.2) is 48.5 Å². The van der Waals surface area contributed by atoms with E-state index in [0.717, 1.165) is 24.8 Å². The number of hydrogen-bond donors (Lipinski definition) is 0. The number of nitrogens with zero attached hydrogens (tertiary/aromatic N) is 2. The normalized spacial score (nSPS) is 17.7. The van der Waals surface area contributed by atoms with Crippen LogP contribution in [-0.2, 0) is 20.9 Å². The molecular formula is C26H31ClN2O5. The summed E-state index contributed by atoms with van der Waals surface area (Å²) in [5.74, 6) is -0.368. The number of esters is 1. The van der Waals surface area contributed by atoms with Crippen LogP contribution in [0.1, 0.15) is 49.0 Å². The highest BCUT2D eigenvalue weighted by atomic mass is 35.5. The third-order valence-electron chi connectivity index (χ3n) is 6.07. The van der Waals surface area contributed by atoms with Crippen molar-refractivity contribution in [1.82, 2.24) is 9.80 Å². The Morgan fingerprint density at radius 1 is 1.00 bits per heavy atom. The van der Waals surface area contributed by atoms with Crippen LogP contribution in [0.5, 0.6) is 5.75 Å². The zero-order chi connectivity index (χ0) is 24.7. The Morgan fingerprint density at radius 2 is 1.62 bits per heavy atom. The van der Waals surface area contributed by atoms with Gasteiger partial charge in [-0.05, 0) is 75.1 Å². The molecule has 1 fully saturated rings. The van der Waals surface area contributed by atoms with E-state index in [1.807, 2.05) is 4.90 Å². The van der Waals surface area contributed by atoms with Gasteiger partial charge in [0.2, 0.25) is 0 Å². The van der Waals surface area contributed by atoms with Gasteiger partial charge in [0.1, 0.15) is 12.3 Å². The lowest BCUT2D eigenvalue weighted by Crippen LogP contribution is -2.49. The molecule has 2 amide bonds. The summed E-state index contributed by atoms with van der Waals surface area (Å²) in [4.78, 5) is 41.0. The fourth-order valence-electron chi connectivity index (χ4n) is 4.24. The van der Waals surface area contributed by atoms with E-state index in [1.165, 1.54) is 12.0 Å². The van der Waals surface area contributed by atoms with Crippen molar-refractivity contribution >= 4 is 29.4 Å². The molecule has 182 valence electrons. The summed E-state index contributed by atoms with van der Waals surface area (Å²) in [6.07, 6.45) is 3.14. The molecule has 2 atom stereocenters. The van der Waals surface area contributed by atoms with E-state index in [0.29, 0.717) is 16.3 Å². The highest BCUT2D eigenvalue weighted by Crippen LogP contribution is 2.23. The van der Waals surface area contributed by atoms with Crippen LogP contribution in [0.25, 0.3) is 0 Å². The molecule has 7 nitrogen and oxygen atoms in total. The summed E-state index contributed by atoms with van der Waals surface area (Å²) in [6, 6.07) is 14.1. The summed E-state index contributed by atoms with van der Waals surface area (Å²) in [6.45, 7) is 4.13. The summed E-state index contributed by atoms with van der Waals surface area (Å²) >= 11 is 5.94. The lowest BCUT2D eigenvalue weighted by atomic mass is 9.97. The molecule has 2 aromatic rings. The van der Waals surface area contributed by atoms with Crippen molar-refractivity contribution in [2.24, 2.45) is 0 Å². The Kier molecular flexibility index (Phi) is 8.93. The molecule has 1 saturated heterocycles. The summed E-state index contributed by atoms with van der Waals surface area (Å²) < 4.78 is 10.5. The molecule has 1 aliphatic rings. The van der Waals surface area contributed by atoms with Crippen molar-refractivity contribution in [1.29, 1.82) is 0 Å². The van der Waals surface area contributed by atoms with Gasteiger partial charge in [-0.15, -0.1) is 0 Å². The fraction of sp³-hybridized carbons (Fsp3) is 0.423. The Morgan fingerprint density at radius 3 is 2.21 bits per heavy atom. The van der Waals surface area contributed by atoms with Crippen molar-refractivity contribution in [2.45, 2.75) is 51.7 Å². The maximum absolute atomic E-state index is 13.1. The van der Waals surface area contributed by atoms with E-state index in [1.54, 1.807) is 48.5 Å². The molecule has 1 heterocycles. The van der Waals surface area contributed by atoms with Crippen molar-refractivity contribution in [3.8, 4) is 5.75 Å². The molecule has 1 aliphatic heterocycles. The first-order valence-electron chi connectivity index (χ1n) is 11.4. The van der Waals surface area contributed by atoms with Gasteiger partial charge >= 0.3 is 5.97 Å². The van der Waals surface area contributed by atoms with E-state index >= 15 is 0 Å². The molecule has 34 heavy (non-hydrogen) atoms. The van der Waals surface area contributed by atoms with E-state index in [4.69, 9.17) is 21.1 Å². The largest absolute Gasteiger partial charge is 0.484 e. The standard InChI is InChI=1S/C26H31ClN2O5/c1-18-5-4-6-19(2)29(18)24(30)17-34-23-13-9-21(10-14-23)26(32)28(16-25(31)33-3)15-20-7-11-22(27)12-8-20/h7-14,18-19H,4-6,15-17H2,1-3H3. The minimum absolute atomic E-state index is 0.0351. The zero-order valence-corrected chi connectivity index (χ0v) is 20.6. The van der Waals surface area contributed by atoms with Gasteiger partial charge in [0.05, 0.1) is 7.11 Å². The van der Waals surface area contributed by atoms with Gasteiger partial charge in [-0.2, -0.15) is 0 Å². The molecule has 0 bridgehead atoms. The Labute approximate surface area is 205 Å². The Balaban J connectivity index is 1.64. The molecule has 8 heteroatoms. The van der Waals surface area contributed by atoms with Crippen molar-refractivity contribution in [3.05, 3.63) is 64.7 Å². The highest BCUT2D eigenvalue weighted by molar-refractivity contribution is 6.30. The number of ether oxygens (including phenoxy) is 2. The van der Waals surface area contributed by atoms with Gasteiger partial charge in [-0.25, -0.2) is 0 Å². The first kappa shape index (κ1) is 25.6. The van der Waals surface area contributed by atoms with Crippen molar-refractivity contribution in [3.63, 3.8) is 0 Å². The minimum atomic E-state index is -0.512. The molecular weight excluding hydrogens is 456 g/mol. The van der Waals surface area contributed by atoms with Crippen molar-refractivity contribution in [2.75, 3.05) is 20.3 Å². The number of piperidine rings is 1. The minimum Gasteiger partial charge on any atom is -0.484 e. The molecule has 2 aromatic carbocycles.